The van der Waals surface area contributed by atoms with Crippen LogP contribution in [0.1, 0.15) is 30.4 Å². The van der Waals surface area contributed by atoms with Crippen LogP contribution in [-0.4, -0.2) is 18.8 Å². The van der Waals surface area contributed by atoms with E-state index in [-0.39, 0.29) is 23.6 Å². The van der Waals surface area contributed by atoms with Crippen LogP contribution in [0.2, 0.25) is 0 Å². The van der Waals surface area contributed by atoms with Gasteiger partial charge in [-0.1, -0.05) is 6.07 Å². The van der Waals surface area contributed by atoms with E-state index < -0.39 is 11.7 Å². The van der Waals surface area contributed by atoms with Gasteiger partial charge in [0.25, 0.3) is 0 Å². The molecule has 1 saturated carbocycles. The molecule has 0 radical (unpaired) electrons. The van der Waals surface area contributed by atoms with Gasteiger partial charge in [-0.15, -0.1) is 0 Å². The van der Waals surface area contributed by atoms with Crippen molar-refractivity contribution in [3.05, 3.63) is 23.3 Å². The molecule has 1 aromatic rings. The molecule has 1 aliphatic heterocycles. The first-order chi connectivity index (χ1) is 9.39. The fourth-order valence-corrected chi connectivity index (χ4v) is 2.39. The third-order valence-corrected chi connectivity index (χ3v) is 3.72. The van der Waals surface area contributed by atoms with Gasteiger partial charge in [-0.05, 0) is 30.9 Å². The van der Waals surface area contributed by atoms with Gasteiger partial charge >= 0.3 is 6.18 Å². The van der Waals surface area contributed by atoms with E-state index in [2.05, 4.69) is 0 Å². The molecule has 0 atom stereocenters. The molecule has 0 saturated heterocycles. The number of hydrogen-bond donors (Lipinski definition) is 1. The zero-order valence-corrected chi connectivity index (χ0v) is 10.9. The smallest absolute Gasteiger partial charge is 0.420 e. The Morgan fingerprint density at radius 2 is 1.75 bits per heavy atom. The van der Waals surface area contributed by atoms with Crippen LogP contribution in [0.5, 0.6) is 11.5 Å². The normalized spacial score (nSPS) is 20.4. The highest BCUT2D eigenvalue weighted by atomic mass is 19.4. The SMILES string of the molecule is NC1(Cc2ccc(C(F)(F)F)c3c2OCCCO3)CC1. The average Bonchev–Trinajstić information content (AvgIpc) is 3.11. The quantitative estimate of drug-likeness (QED) is 0.909. The van der Waals surface area contributed by atoms with Crippen molar-refractivity contribution in [2.24, 2.45) is 5.73 Å². The molecule has 3 rings (SSSR count). The number of rotatable bonds is 2. The monoisotopic (exact) mass is 287 g/mol. The zero-order chi connectivity index (χ0) is 14.4. The van der Waals surface area contributed by atoms with Crippen molar-refractivity contribution in [3.63, 3.8) is 0 Å². The van der Waals surface area contributed by atoms with Gasteiger partial charge < -0.3 is 15.2 Å². The highest BCUT2D eigenvalue weighted by Gasteiger charge is 2.41. The summed E-state index contributed by atoms with van der Waals surface area (Å²) in [5.74, 6) is 0.0331. The Morgan fingerprint density at radius 3 is 2.35 bits per heavy atom. The topological polar surface area (TPSA) is 44.5 Å². The lowest BCUT2D eigenvalue weighted by atomic mass is 10.0. The molecule has 1 heterocycles. The van der Waals surface area contributed by atoms with Crippen molar-refractivity contribution in [3.8, 4) is 11.5 Å². The summed E-state index contributed by atoms with van der Waals surface area (Å²) in [5, 5.41) is 0. The molecule has 0 bridgehead atoms. The van der Waals surface area contributed by atoms with Crippen LogP contribution in [0.15, 0.2) is 12.1 Å². The molecule has 110 valence electrons. The second-order valence-corrected chi connectivity index (χ2v) is 5.52. The van der Waals surface area contributed by atoms with E-state index in [4.69, 9.17) is 15.2 Å². The third-order valence-electron chi connectivity index (χ3n) is 3.72. The molecule has 6 heteroatoms. The molecular formula is C14H16F3NO2. The summed E-state index contributed by atoms with van der Waals surface area (Å²) in [6, 6.07) is 2.53. The van der Waals surface area contributed by atoms with Crippen molar-refractivity contribution < 1.29 is 22.6 Å². The molecule has 20 heavy (non-hydrogen) atoms. The maximum absolute atomic E-state index is 13.0. The van der Waals surface area contributed by atoms with E-state index in [0.29, 0.717) is 25.0 Å². The summed E-state index contributed by atoms with van der Waals surface area (Å²) in [5.41, 5.74) is 5.69. The largest absolute Gasteiger partial charge is 0.489 e. The second kappa shape index (κ2) is 4.55. The van der Waals surface area contributed by atoms with E-state index in [9.17, 15) is 13.2 Å². The first-order valence-corrected chi connectivity index (χ1v) is 6.67. The molecule has 2 aliphatic rings. The highest BCUT2D eigenvalue weighted by Crippen LogP contribution is 2.47. The first kappa shape index (κ1) is 13.5. The van der Waals surface area contributed by atoms with Gasteiger partial charge in [0.15, 0.2) is 11.5 Å². The highest BCUT2D eigenvalue weighted by molar-refractivity contribution is 5.54. The van der Waals surface area contributed by atoms with Crippen LogP contribution in [0.25, 0.3) is 0 Å². The minimum absolute atomic E-state index is 0.184. The Bertz CT molecular complexity index is 524. The van der Waals surface area contributed by atoms with E-state index in [1.807, 2.05) is 0 Å². The Hall–Kier alpha value is -1.43. The van der Waals surface area contributed by atoms with Crippen LogP contribution >= 0.6 is 0 Å². The third kappa shape index (κ3) is 2.57. The first-order valence-electron chi connectivity index (χ1n) is 6.67. The van der Waals surface area contributed by atoms with Crippen LogP contribution in [0.4, 0.5) is 13.2 Å². The predicted molar refractivity (Wildman–Crippen MR) is 66.9 cm³/mol. The standard InChI is InChI=1S/C14H16F3NO2/c15-14(16,17)10-3-2-9(8-13(18)4-5-13)11-12(10)20-7-1-6-19-11/h2-3H,1,4-8,18H2. The van der Waals surface area contributed by atoms with Crippen molar-refractivity contribution in [1.82, 2.24) is 0 Å². The number of alkyl halides is 3. The molecule has 2 N–H and O–H groups in total. The lowest BCUT2D eigenvalue weighted by Crippen LogP contribution is -2.25. The summed E-state index contributed by atoms with van der Waals surface area (Å²) in [6.45, 7) is 0.589. The number of nitrogens with two attached hydrogens (primary N) is 1. The van der Waals surface area contributed by atoms with Crippen LogP contribution < -0.4 is 15.2 Å². The Labute approximate surface area is 114 Å². The Balaban J connectivity index is 2.04. The van der Waals surface area contributed by atoms with Crippen LogP contribution in [0, 0.1) is 0 Å². The van der Waals surface area contributed by atoms with Gasteiger partial charge in [0.05, 0.1) is 13.2 Å². The van der Waals surface area contributed by atoms with E-state index >= 15 is 0 Å². The van der Waals surface area contributed by atoms with Crippen LogP contribution in [0.3, 0.4) is 0 Å². The molecule has 1 aromatic carbocycles. The van der Waals surface area contributed by atoms with Crippen LogP contribution in [-0.2, 0) is 12.6 Å². The number of ether oxygens (including phenoxy) is 2. The van der Waals surface area contributed by atoms with Crippen molar-refractivity contribution in [2.75, 3.05) is 13.2 Å². The summed E-state index contributed by atoms with van der Waals surface area (Å²) < 4.78 is 49.9. The van der Waals surface area contributed by atoms with Gasteiger partial charge in [-0.3, -0.25) is 0 Å². The summed E-state index contributed by atoms with van der Waals surface area (Å²) >= 11 is 0. The van der Waals surface area contributed by atoms with Crippen molar-refractivity contribution >= 4 is 0 Å². The molecule has 3 nitrogen and oxygen atoms in total. The minimum atomic E-state index is -4.45. The Kier molecular flexibility index (Phi) is 3.08. The number of fused-ring (bicyclic) bond motifs is 1. The van der Waals surface area contributed by atoms with E-state index in [1.54, 1.807) is 0 Å². The Morgan fingerprint density at radius 1 is 1.10 bits per heavy atom. The van der Waals surface area contributed by atoms with E-state index in [0.717, 1.165) is 18.9 Å². The van der Waals surface area contributed by atoms with Gasteiger partial charge in [-0.25, -0.2) is 0 Å². The zero-order valence-electron chi connectivity index (χ0n) is 10.9. The molecule has 0 spiro atoms. The van der Waals surface area contributed by atoms with E-state index in [1.165, 1.54) is 6.07 Å². The lowest BCUT2D eigenvalue weighted by Gasteiger charge is -2.19. The molecule has 0 amide bonds. The van der Waals surface area contributed by atoms with Gasteiger partial charge in [0.1, 0.15) is 5.56 Å². The lowest BCUT2D eigenvalue weighted by molar-refractivity contribution is -0.139. The summed E-state index contributed by atoms with van der Waals surface area (Å²) in [4.78, 5) is 0. The van der Waals surface area contributed by atoms with Gasteiger partial charge in [0.2, 0.25) is 0 Å². The fraction of sp³-hybridized carbons (Fsp3) is 0.571. The molecular weight excluding hydrogens is 271 g/mol. The summed E-state index contributed by atoms with van der Waals surface area (Å²) in [6.07, 6.45) is -1.57. The van der Waals surface area contributed by atoms with Crippen molar-refractivity contribution in [2.45, 2.75) is 37.4 Å². The maximum atomic E-state index is 13.0. The van der Waals surface area contributed by atoms with Crippen molar-refractivity contribution in [1.29, 1.82) is 0 Å². The number of halogens is 3. The summed E-state index contributed by atoms with van der Waals surface area (Å²) in [7, 11) is 0. The van der Waals surface area contributed by atoms with Gasteiger partial charge in [-0.2, -0.15) is 13.2 Å². The maximum Gasteiger partial charge on any atom is 0.420 e. The number of benzene rings is 1. The molecule has 1 fully saturated rings. The molecule has 1 aliphatic carbocycles. The average molecular weight is 287 g/mol. The minimum Gasteiger partial charge on any atom is -0.489 e. The predicted octanol–water partition coefficient (Wildman–Crippen LogP) is 2.90. The molecule has 0 unspecified atom stereocenters. The number of hydrogen-bond acceptors (Lipinski definition) is 3. The molecule has 0 aromatic heterocycles. The fourth-order valence-electron chi connectivity index (χ4n) is 2.39. The van der Waals surface area contributed by atoms with Gasteiger partial charge in [0, 0.05) is 12.0 Å². The second-order valence-electron chi connectivity index (χ2n) is 5.52.